The summed E-state index contributed by atoms with van der Waals surface area (Å²) in [6.45, 7) is 2.16. The van der Waals surface area contributed by atoms with Gasteiger partial charge in [-0.05, 0) is 29.8 Å². The predicted molar refractivity (Wildman–Crippen MR) is 105 cm³/mol. The highest BCUT2D eigenvalue weighted by Gasteiger charge is 2.12. The molecule has 0 aliphatic heterocycles. The molecule has 0 aliphatic rings. The fraction of sp³-hybridized carbons (Fsp3) is 0.278. The molecule has 1 aromatic carbocycles. The van der Waals surface area contributed by atoms with Crippen LogP contribution >= 0.6 is 24.8 Å². The number of aromatic nitrogens is 3. The lowest BCUT2D eigenvalue weighted by molar-refractivity contribution is 0.247. The molecule has 0 bridgehead atoms. The maximum absolute atomic E-state index is 13.1. The van der Waals surface area contributed by atoms with Crippen LogP contribution < -0.4 is 5.73 Å². The van der Waals surface area contributed by atoms with Gasteiger partial charge in [0, 0.05) is 31.4 Å². The van der Waals surface area contributed by atoms with Crippen molar-refractivity contribution in [1.29, 1.82) is 0 Å². The number of nitrogens with zero attached hydrogens (tertiary/aromatic N) is 4. The maximum atomic E-state index is 13.1. The molecule has 6 nitrogen and oxygen atoms in total. The highest BCUT2D eigenvalue weighted by Crippen LogP contribution is 2.11. The predicted octanol–water partition coefficient (Wildman–Crippen LogP) is 3.15. The van der Waals surface area contributed by atoms with Crippen molar-refractivity contribution in [3.05, 3.63) is 77.5 Å². The highest BCUT2D eigenvalue weighted by molar-refractivity contribution is 5.85. The Hall–Kier alpha value is -2.06. The third-order valence-corrected chi connectivity index (χ3v) is 3.78. The number of benzene rings is 1. The van der Waals surface area contributed by atoms with Crippen molar-refractivity contribution in [2.45, 2.75) is 26.1 Å². The minimum Gasteiger partial charge on any atom is -0.338 e. The molecule has 0 amide bonds. The molecule has 3 rings (SSSR count). The molecular formula is C18H22Cl2FN5O. The lowest BCUT2D eigenvalue weighted by Crippen LogP contribution is -2.26. The van der Waals surface area contributed by atoms with E-state index in [9.17, 15) is 4.39 Å². The first-order valence-corrected chi connectivity index (χ1v) is 8.11. The van der Waals surface area contributed by atoms with Crippen LogP contribution in [0.5, 0.6) is 0 Å². The first-order valence-electron chi connectivity index (χ1n) is 8.11. The van der Waals surface area contributed by atoms with Crippen molar-refractivity contribution in [1.82, 2.24) is 20.0 Å². The van der Waals surface area contributed by atoms with Gasteiger partial charge < -0.3 is 10.3 Å². The Kier molecular flexibility index (Phi) is 9.88. The molecule has 2 N–H and O–H groups in total. The van der Waals surface area contributed by atoms with Crippen LogP contribution in [-0.2, 0) is 26.1 Å². The zero-order chi connectivity index (χ0) is 17.5. The summed E-state index contributed by atoms with van der Waals surface area (Å²) >= 11 is 0. The molecule has 27 heavy (non-hydrogen) atoms. The number of rotatable bonds is 8. The summed E-state index contributed by atoms with van der Waals surface area (Å²) in [5.74, 6) is 0.764. The Morgan fingerprint density at radius 2 is 1.81 bits per heavy atom. The van der Waals surface area contributed by atoms with E-state index in [-0.39, 0.29) is 37.2 Å². The number of hydrogen-bond acceptors (Lipinski definition) is 6. The van der Waals surface area contributed by atoms with Crippen molar-refractivity contribution in [3.63, 3.8) is 0 Å². The van der Waals surface area contributed by atoms with Crippen LogP contribution in [0.15, 0.2) is 53.2 Å². The Bertz CT molecular complexity index is 786. The monoisotopic (exact) mass is 413 g/mol. The smallest absolute Gasteiger partial charge is 0.240 e. The van der Waals surface area contributed by atoms with E-state index >= 15 is 0 Å². The van der Waals surface area contributed by atoms with E-state index in [4.69, 9.17) is 10.3 Å². The molecule has 146 valence electrons. The van der Waals surface area contributed by atoms with E-state index < -0.39 is 0 Å². The van der Waals surface area contributed by atoms with Gasteiger partial charge in [-0.15, -0.1) is 24.8 Å². The molecule has 0 radical (unpaired) electrons. The molecule has 0 spiro atoms. The average Bonchev–Trinajstić information content (AvgIpc) is 3.10. The van der Waals surface area contributed by atoms with Gasteiger partial charge in [-0.25, -0.2) is 4.39 Å². The minimum atomic E-state index is -0.241. The summed E-state index contributed by atoms with van der Waals surface area (Å²) in [5, 5.41) is 3.95. The Balaban J connectivity index is 0.00000182. The van der Waals surface area contributed by atoms with Gasteiger partial charge >= 0.3 is 0 Å². The molecule has 0 saturated heterocycles. The van der Waals surface area contributed by atoms with Gasteiger partial charge in [-0.2, -0.15) is 4.98 Å². The second kappa shape index (κ2) is 11.6. The highest BCUT2D eigenvalue weighted by atomic mass is 35.5. The summed E-state index contributed by atoms with van der Waals surface area (Å²) in [5.41, 5.74) is 7.55. The second-order valence-electron chi connectivity index (χ2n) is 5.72. The molecule has 9 heteroatoms. The lowest BCUT2D eigenvalue weighted by Gasteiger charge is -2.20. The van der Waals surface area contributed by atoms with Gasteiger partial charge in [-0.1, -0.05) is 23.4 Å². The van der Waals surface area contributed by atoms with Crippen LogP contribution in [0.1, 0.15) is 23.0 Å². The van der Waals surface area contributed by atoms with Crippen LogP contribution in [0, 0.1) is 5.82 Å². The van der Waals surface area contributed by atoms with E-state index in [0.29, 0.717) is 24.8 Å². The first kappa shape index (κ1) is 23.0. The van der Waals surface area contributed by atoms with E-state index in [0.717, 1.165) is 24.2 Å². The largest absolute Gasteiger partial charge is 0.338 e. The van der Waals surface area contributed by atoms with Crippen molar-refractivity contribution >= 4 is 24.8 Å². The molecular weight excluding hydrogens is 392 g/mol. The van der Waals surface area contributed by atoms with Gasteiger partial charge in [0.1, 0.15) is 5.82 Å². The van der Waals surface area contributed by atoms with Crippen LogP contribution in [0.25, 0.3) is 0 Å². The molecule has 0 unspecified atom stereocenters. The van der Waals surface area contributed by atoms with Gasteiger partial charge in [0.05, 0.1) is 13.1 Å². The minimum absolute atomic E-state index is 0. The zero-order valence-electron chi connectivity index (χ0n) is 14.6. The van der Waals surface area contributed by atoms with E-state index in [1.807, 2.05) is 18.2 Å². The van der Waals surface area contributed by atoms with Crippen molar-refractivity contribution in [2.24, 2.45) is 5.73 Å². The van der Waals surface area contributed by atoms with Crippen molar-refractivity contribution in [3.8, 4) is 0 Å². The third-order valence-electron chi connectivity index (χ3n) is 3.78. The van der Waals surface area contributed by atoms with Crippen molar-refractivity contribution in [2.75, 3.05) is 6.54 Å². The average molecular weight is 414 g/mol. The number of hydrogen-bond donors (Lipinski definition) is 1. The van der Waals surface area contributed by atoms with Crippen LogP contribution in [0.3, 0.4) is 0 Å². The van der Waals surface area contributed by atoms with Gasteiger partial charge in [0.15, 0.2) is 5.82 Å². The van der Waals surface area contributed by atoms with Gasteiger partial charge in [0.2, 0.25) is 5.89 Å². The first-order chi connectivity index (χ1) is 12.2. The van der Waals surface area contributed by atoms with Crippen LogP contribution in [0.2, 0.25) is 0 Å². The summed E-state index contributed by atoms with van der Waals surface area (Å²) in [6.07, 6.45) is 2.58. The van der Waals surface area contributed by atoms with Crippen LogP contribution in [-0.4, -0.2) is 26.6 Å². The normalized spacial score (nSPS) is 10.3. The number of nitrogens with two attached hydrogens (primary N) is 1. The molecule has 2 aromatic heterocycles. The topological polar surface area (TPSA) is 81.1 Å². The van der Waals surface area contributed by atoms with Crippen molar-refractivity contribution < 1.29 is 8.91 Å². The molecule has 0 atom stereocenters. The second-order valence-corrected chi connectivity index (χ2v) is 5.72. The van der Waals surface area contributed by atoms with Gasteiger partial charge in [-0.3, -0.25) is 9.88 Å². The SMILES string of the molecule is Cl.Cl.NCc1nc(CN(CCc2ccccn2)Cc2ccc(F)cc2)no1. The summed E-state index contributed by atoms with van der Waals surface area (Å²) in [4.78, 5) is 10.8. The Labute approximate surface area is 169 Å². The Morgan fingerprint density at radius 1 is 1.04 bits per heavy atom. The fourth-order valence-electron chi connectivity index (χ4n) is 2.52. The third kappa shape index (κ3) is 7.22. The van der Waals surface area contributed by atoms with Gasteiger partial charge in [0.25, 0.3) is 0 Å². The van der Waals surface area contributed by atoms with E-state index in [1.165, 1.54) is 12.1 Å². The Morgan fingerprint density at radius 3 is 2.44 bits per heavy atom. The molecule has 3 aromatic rings. The molecule has 0 saturated carbocycles. The van der Waals surface area contributed by atoms with Crippen LogP contribution in [0.4, 0.5) is 4.39 Å². The summed E-state index contributed by atoms with van der Waals surface area (Å²) < 4.78 is 18.2. The number of pyridine rings is 1. The van der Waals surface area contributed by atoms with E-state index in [2.05, 4.69) is 20.0 Å². The summed E-state index contributed by atoms with van der Waals surface area (Å²) in [7, 11) is 0. The summed E-state index contributed by atoms with van der Waals surface area (Å²) in [6, 6.07) is 12.4. The zero-order valence-corrected chi connectivity index (χ0v) is 16.3. The molecule has 2 heterocycles. The quantitative estimate of drug-likeness (QED) is 0.610. The standard InChI is InChI=1S/C18H20FN5O.2ClH/c19-15-6-4-14(5-7-15)12-24(10-8-16-3-1-2-9-21-16)13-17-22-18(11-20)25-23-17;;/h1-7,9H,8,10-13,20H2;2*1H. The lowest BCUT2D eigenvalue weighted by atomic mass is 10.2. The van der Waals surface area contributed by atoms with E-state index in [1.54, 1.807) is 18.3 Å². The fourth-order valence-corrected chi connectivity index (χ4v) is 2.52. The number of halogens is 3. The molecule has 0 aliphatic carbocycles. The molecule has 0 fully saturated rings. The maximum Gasteiger partial charge on any atom is 0.240 e.